The van der Waals surface area contributed by atoms with Crippen molar-refractivity contribution in [2.75, 3.05) is 5.43 Å². The Bertz CT molecular complexity index is 1270. The fourth-order valence-electron chi connectivity index (χ4n) is 2.77. The molecule has 0 saturated heterocycles. The first-order chi connectivity index (χ1) is 14.1. The average Bonchev–Trinajstić information content (AvgIpc) is 2.76. The van der Waals surface area contributed by atoms with Crippen LogP contribution in [0.15, 0.2) is 88.8 Å². The Morgan fingerprint density at radius 1 is 0.931 bits per heavy atom. The minimum absolute atomic E-state index is 0.0565. The summed E-state index contributed by atoms with van der Waals surface area (Å²) in [7, 11) is 0. The molecular weight excluding hydrogens is 388 g/mol. The number of fused-ring (bicyclic) bond motifs is 1. The number of benzene rings is 3. The number of ketones is 1. The van der Waals surface area contributed by atoms with Crippen molar-refractivity contribution < 1.29 is 4.79 Å². The van der Waals surface area contributed by atoms with Crippen LogP contribution in [0.5, 0.6) is 0 Å². The molecule has 0 unspecified atom stereocenters. The van der Waals surface area contributed by atoms with Gasteiger partial charge < -0.3 is 4.98 Å². The number of para-hydroxylation sites is 2. The quantitative estimate of drug-likeness (QED) is 0.296. The Labute approximate surface area is 170 Å². The topological polar surface area (TPSA) is 87.2 Å². The van der Waals surface area contributed by atoms with Crippen LogP contribution >= 0.6 is 11.6 Å². The molecule has 0 atom stereocenters. The summed E-state index contributed by atoms with van der Waals surface area (Å²) in [5.41, 5.74) is 4.33. The molecule has 0 spiro atoms. The van der Waals surface area contributed by atoms with Gasteiger partial charge in [-0.3, -0.25) is 15.0 Å². The largest absolute Gasteiger partial charge is 0.319 e. The molecule has 4 rings (SSSR count). The zero-order valence-corrected chi connectivity index (χ0v) is 15.9. The predicted octanol–water partition coefficient (Wildman–Crippen LogP) is 4.28. The zero-order chi connectivity index (χ0) is 20.2. The van der Waals surface area contributed by atoms with Crippen LogP contribution in [0.4, 0.5) is 5.69 Å². The van der Waals surface area contributed by atoms with Crippen LogP contribution < -0.4 is 11.0 Å². The Hall–Kier alpha value is -3.77. The number of carbonyl (C=O) groups is 1. The number of Topliss-reactive ketones (excluding diaryl/α,β-unsaturated/α-hetero) is 1. The van der Waals surface area contributed by atoms with E-state index in [0.29, 0.717) is 27.3 Å². The van der Waals surface area contributed by atoms with Crippen molar-refractivity contribution >= 4 is 39.8 Å². The number of anilines is 1. The maximum absolute atomic E-state index is 13.1. The van der Waals surface area contributed by atoms with Gasteiger partial charge in [-0.1, -0.05) is 54.1 Å². The molecule has 3 aromatic carbocycles. The molecule has 142 valence electrons. The van der Waals surface area contributed by atoms with E-state index in [0.717, 1.165) is 0 Å². The summed E-state index contributed by atoms with van der Waals surface area (Å²) >= 11 is 5.90. The molecule has 0 bridgehead atoms. The van der Waals surface area contributed by atoms with Gasteiger partial charge >= 0.3 is 0 Å². The average molecular weight is 403 g/mol. The second-order valence-electron chi connectivity index (χ2n) is 6.21. The number of halogens is 1. The first kappa shape index (κ1) is 18.6. The van der Waals surface area contributed by atoms with Crippen molar-refractivity contribution in [3.63, 3.8) is 0 Å². The minimum atomic E-state index is -0.496. The van der Waals surface area contributed by atoms with E-state index in [2.05, 4.69) is 20.5 Å². The number of nitrogens with one attached hydrogen (secondary N) is 2. The van der Waals surface area contributed by atoms with Crippen molar-refractivity contribution in [2.24, 2.45) is 5.10 Å². The highest BCUT2D eigenvalue weighted by molar-refractivity contribution is 6.51. The summed E-state index contributed by atoms with van der Waals surface area (Å²) in [5, 5.41) is 4.81. The van der Waals surface area contributed by atoms with Gasteiger partial charge in [-0.05, 0) is 36.4 Å². The molecule has 1 heterocycles. The SMILES string of the molecule is O=C(/C(=N/Nc1ccc(Cl)cc1)c1nc2ccccc2[nH]c1=O)c1ccccc1. The van der Waals surface area contributed by atoms with Crippen LogP contribution in [0.3, 0.4) is 0 Å². The van der Waals surface area contributed by atoms with Crippen LogP contribution in [0.25, 0.3) is 11.0 Å². The minimum Gasteiger partial charge on any atom is -0.319 e. The van der Waals surface area contributed by atoms with Gasteiger partial charge in [-0.15, -0.1) is 0 Å². The molecule has 6 nitrogen and oxygen atoms in total. The van der Waals surface area contributed by atoms with Crippen molar-refractivity contribution in [1.82, 2.24) is 9.97 Å². The smallest absolute Gasteiger partial charge is 0.276 e. The highest BCUT2D eigenvalue weighted by Crippen LogP contribution is 2.14. The summed E-state index contributed by atoms with van der Waals surface area (Å²) in [4.78, 5) is 32.9. The van der Waals surface area contributed by atoms with Crippen LogP contribution in [-0.2, 0) is 0 Å². The number of aromatic nitrogens is 2. The molecule has 0 saturated carbocycles. The van der Waals surface area contributed by atoms with Crippen molar-refractivity contribution in [3.05, 3.63) is 105 Å². The van der Waals surface area contributed by atoms with Gasteiger partial charge in [0, 0.05) is 10.6 Å². The predicted molar refractivity (Wildman–Crippen MR) is 115 cm³/mol. The molecule has 4 aromatic rings. The molecule has 7 heteroatoms. The van der Waals surface area contributed by atoms with E-state index < -0.39 is 11.3 Å². The lowest BCUT2D eigenvalue weighted by molar-refractivity contribution is 0.106. The highest BCUT2D eigenvalue weighted by Gasteiger charge is 2.21. The maximum atomic E-state index is 13.1. The van der Waals surface area contributed by atoms with Gasteiger partial charge in [0.05, 0.1) is 16.7 Å². The molecule has 29 heavy (non-hydrogen) atoms. The first-order valence-corrected chi connectivity index (χ1v) is 9.18. The van der Waals surface area contributed by atoms with E-state index in [1.807, 2.05) is 0 Å². The Morgan fingerprint density at radius 2 is 1.62 bits per heavy atom. The van der Waals surface area contributed by atoms with Crippen molar-refractivity contribution in [2.45, 2.75) is 0 Å². The lowest BCUT2D eigenvalue weighted by atomic mass is 10.0. The Morgan fingerprint density at radius 3 is 2.38 bits per heavy atom. The number of nitrogens with zero attached hydrogens (tertiary/aromatic N) is 2. The Kier molecular flexibility index (Phi) is 5.18. The third kappa shape index (κ3) is 4.07. The lowest BCUT2D eigenvalue weighted by Crippen LogP contribution is -2.27. The summed E-state index contributed by atoms with van der Waals surface area (Å²) < 4.78 is 0. The van der Waals surface area contributed by atoms with E-state index in [9.17, 15) is 9.59 Å². The van der Waals surface area contributed by atoms with E-state index in [4.69, 9.17) is 11.6 Å². The monoisotopic (exact) mass is 402 g/mol. The van der Waals surface area contributed by atoms with Crippen LogP contribution in [-0.4, -0.2) is 21.5 Å². The molecule has 0 amide bonds. The molecule has 1 aromatic heterocycles. The summed E-state index contributed by atoms with van der Waals surface area (Å²) in [5.74, 6) is -0.416. The molecule has 0 radical (unpaired) electrons. The second kappa shape index (κ2) is 8.08. The first-order valence-electron chi connectivity index (χ1n) is 8.80. The van der Waals surface area contributed by atoms with Gasteiger partial charge in [0.25, 0.3) is 5.56 Å². The number of hydrogen-bond donors (Lipinski definition) is 2. The Balaban J connectivity index is 1.82. The number of hydrazone groups is 1. The van der Waals surface area contributed by atoms with Crippen LogP contribution in [0, 0.1) is 0 Å². The third-order valence-electron chi connectivity index (χ3n) is 4.22. The fourth-order valence-corrected chi connectivity index (χ4v) is 2.90. The van der Waals surface area contributed by atoms with E-state index >= 15 is 0 Å². The van der Waals surface area contributed by atoms with Gasteiger partial charge in [0.2, 0.25) is 5.78 Å². The van der Waals surface area contributed by atoms with E-state index in [-0.39, 0.29) is 11.4 Å². The summed E-state index contributed by atoms with van der Waals surface area (Å²) in [6, 6.07) is 22.5. The van der Waals surface area contributed by atoms with E-state index in [1.165, 1.54) is 0 Å². The third-order valence-corrected chi connectivity index (χ3v) is 4.47. The molecule has 0 aliphatic rings. The highest BCUT2D eigenvalue weighted by atomic mass is 35.5. The molecule has 0 aliphatic carbocycles. The summed E-state index contributed by atoms with van der Waals surface area (Å²) in [6.07, 6.45) is 0. The number of aromatic amines is 1. The van der Waals surface area contributed by atoms with Crippen LogP contribution in [0.1, 0.15) is 16.1 Å². The zero-order valence-electron chi connectivity index (χ0n) is 15.1. The number of rotatable bonds is 5. The van der Waals surface area contributed by atoms with E-state index in [1.54, 1.807) is 78.9 Å². The maximum Gasteiger partial charge on any atom is 0.276 e. The molecular formula is C22H15ClN4O2. The van der Waals surface area contributed by atoms with Crippen LogP contribution in [0.2, 0.25) is 5.02 Å². The number of hydrogen-bond acceptors (Lipinski definition) is 5. The van der Waals surface area contributed by atoms with Gasteiger partial charge in [0.1, 0.15) is 0 Å². The fraction of sp³-hybridized carbons (Fsp3) is 0. The van der Waals surface area contributed by atoms with Gasteiger partial charge in [-0.2, -0.15) is 5.10 Å². The second-order valence-corrected chi connectivity index (χ2v) is 6.64. The molecule has 0 aliphatic heterocycles. The summed E-state index contributed by atoms with van der Waals surface area (Å²) in [6.45, 7) is 0. The standard InChI is InChI=1S/C22H15ClN4O2/c23-15-10-12-16(13-11-15)26-27-19(21(28)14-6-2-1-3-7-14)20-22(29)25-18-9-5-4-8-17(18)24-20/h1-13,26H,(H,25,29)/b27-19+. The molecule has 0 fully saturated rings. The molecule has 2 N–H and O–H groups in total. The van der Waals surface area contributed by atoms with Gasteiger partial charge in [0.15, 0.2) is 11.4 Å². The normalized spacial score (nSPS) is 11.4. The van der Waals surface area contributed by atoms with Gasteiger partial charge in [-0.25, -0.2) is 4.98 Å². The van der Waals surface area contributed by atoms with Crippen molar-refractivity contribution in [3.8, 4) is 0 Å². The number of carbonyl (C=O) groups excluding carboxylic acids is 1. The van der Waals surface area contributed by atoms with Crippen molar-refractivity contribution in [1.29, 1.82) is 0 Å². The number of H-pyrrole nitrogens is 1. The lowest BCUT2D eigenvalue weighted by Gasteiger charge is -2.08.